The molecule has 0 aromatic carbocycles. The third kappa shape index (κ3) is 3.41. The average Bonchev–Trinajstić information content (AvgIpc) is 3.24. The van der Waals surface area contributed by atoms with Crippen molar-refractivity contribution in [3.63, 3.8) is 0 Å². The van der Waals surface area contributed by atoms with Gasteiger partial charge in [-0.1, -0.05) is 6.08 Å². The van der Waals surface area contributed by atoms with Gasteiger partial charge in [0.15, 0.2) is 5.82 Å². The number of rotatable bonds is 4. The molecule has 1 amide bonds. The Morgan fingerprint density at radius 3 is 2.96 bits per heavy atom. The fourth-order valence-electron chi connectivity index (χ4n) is 3.39. The lowest BCUT2D eigenvalue weighted by atomic mass is 9.93. The molecule has 1 aliphatic heterocycles. The topological polar surface area (TPSA) is 70.1 Å². The minimum atomic E-state index is -0.386. The largest absolute Gasteiger partial charge is 0.309 e. The van der Waals surface area contributed by atoms with Crippen LogP contribution >= 0.6 is 0 Å². The molecule has 4 rings (SSSR count). The van der Waals surface area contributed by atoms with Gasteiger partial charge in [-0.15, -0.1) is 0 Å². The third-order valence-corrected chi connectivity index (χ3v) is 5.26. The smallest absolute Gasteiger partial charge is 0.234 e. The number of hydrogen-bond acceptors (Lipinski definition) is 3. The highest BCUT2D eigenvalue weighted by Crippen LogP contribution is 2.39. The quantitative estimate of drug-likeness (QED) is 0.841. The van der Waals surface area contributed by atoms with Crippen molar-refractivity contribution >= 4 is 17.4 Å². The number of hydrogen-bond donors (Lipinski definition) is 2. The van der Waals surface area contributed by atoms with Gasteiger partial charge in [0.2, 0.25) is 5.91 Å². The zero-order chi connectivity index (χ0) is 18.3. The molecule has 6 heteroatoms. The molecule has 0 radical (unpaired) electrons. The van der Waals surface area contributed by atoms with E-state index in [9.17, 15) is 9.18 Å². The summed E-state index contributed by atoms with van der Waals surface area (Å²) < 4.78 is 13.8. The van der Waals surface area contributed by atoms with Gasteiger partial charge in [-0.2, -0.15) is 5.10 Å². The molecule has 1 saturated carbocycles. The van der Waals surface area contributed by atoms with E-state index < -0.39 is 0 Å². The van der Waals surface area contributed by atoms with E-state index in [1.807, 2.05) is 19.1 Å². The van der Waals surface area contributed by atoms with E-state index in [4.69, 9.17) is 0 Å². The van der Waals surface area contributed by atoms with E-state index in [1.165, 1.54) is 12.8 Å². The molecule has 2 N–H and O–H groups in total. The molecule has 1 aromatic rings. The number of nitrogens with one attached hydrogen (secondary N) is 2. The lowest BCUT2D eigenvalue weighted by Gasteiger charge is -2.11. The lowest BCUT2D eigenvalue weighted by Crippen LogP contribution is -2.21. The maximum Gasteiger partial charge on any atom is 0.234 e. The van der Waals surface area contributed by atoms with Gasteiger partial charge in [0.25, 0.3) is 0 Å². The summed E-state index contributed by atoms with van der Waals surface area (Å²) in [6.07, 6.45) is 9.29. The maximum absolute atomic E-state index is 13.8. The predicted molar refractivity (Wildman–Crippen MR) is 99.5 cm³/mol. The minimum absolute atomic E-state index is 0.131. The van der Waals surface area contributed by atoms with Crippen LogP contribution in [-0.2, 0) is 4.79 Å². The van der Waals surface area contributed by atoms with Crippen LogP contribution in [0.5, 0.6) is 0 Å². The second kappa shape index (κ2) is 6.67. The third-order valence-electron chi connectivity index (χ3n) is 5.26. The van der Waals surface area contributed by atoms with Crippen LogP contribution in [0.15, 0.2) is 46.4 Å². The summed E-state index contributed by atoms with van der Waals surface area (Å²) in [6, 6.07) is 1.91. The number of carbonyl (C=O) groups is 1. The molecular formula is C20H23FN4O. The van der Waals surface area contributed by atoms with E-state index in [2.05, 4.69) is 20.5 Å². The molecule has 1 fully saturated rings. The molecule has 2 heterocycles. The van der Waals surface area contributed by atoms with Crippen molar-refractivity contribution < 1.29 is 9.18 Å². The highest BCUT2D eigenvalue weighted by atomic mass is 19.1. The Bertz CT molecular complexity index is 857. The number of H-pyrrole nitrogens is 1. The second-order valence-electron chi connectivity index (χ2n) is 7.39. The van der Waals surface area contributed by atoms with E-state index in [0.29, 0.717) is 23.7 Å². The number of fused-ring (bicyclic) bond motifs is 1. The van der Waals surface area contributed by atoms with Gasteiger partial charge < -0.3 is 5.32 Å². The molecule has 0 bridgehead atoms. The summed E-state index contributed by atoms with van der Waals surface area (Å²) in [4.78, 5) is 17.2. The number of aliphatic imine (C=N–C) groups is 1. The first-order chi connectivity index (χ1) is 12.5. The Balaban J connectivity index is 1.46. The number of carbonyl (C=O) groups excluding carboxylic acids is 1. The Morgan fingerprint density at radius 1 is 1.38 bits per heavy atom. The molecule has 0 saturated heterocycles. The van der Waals surface area contributed by atoms with Gasteiger partial charge in [0, 0.05) is 35.0 Å². The van der Waals surface area contributed by atoms with Gasteiger partial charge in [0.1, 0.15) is 5.83 Å². The van der Waals surface area contributed by atoms with Crippen LogP contribution < -0.4 is 5.32 Å². The normalized spacial score (nSPS) is 23.7. The van der Waals surface area contributed by atoms with Gasteiger partial charge in [-0.3, -0.25) is 14.9 Å². The minimum Gasteiger partial charge on any atom is -0.309 e. The molecule has 2 aliphatic carbocycles. The van der Waals surface area contributed by atoms with E-state index >= 15 is 0 Å². The standard InChI is InChI=1S/C20H23FN4O/c1-11-8-17-14(4-3-5-15(11)21)9-16(22-17)12(2)20(26)23-19-10-18(24-25-19)13-6-7-13/h5,8-10,12-14H,3-4,6-7H2,1-2H3,(H2,23,24,25,26)/t12-,14?/m0/s1. The first-order valence-electron chi connectivity index (χ1n) is 9.22. The summed E-state index contributed by atoms with van der Waals surface area (Å²) in [7, 11) is 0. The van der Waals surface area contributed by atoms with Crippen molar-refractivity contribution in [2.75, 3.05) is 5.32 Å². The van der Waals surface area contributed by atoms with Crippen LogP contribution in [-0.4, -0.2) is 21.8 Å². The van der Waals surface area contributed by atoms with Crippen LogP contribution in [0.25, 0.3) is 0 Å². The summed E-state index contributed by atoms with van der Waals surface area (Å²) >= 11 is 0. The predicted octanol–water partition coefficient (Wildman–Crippen LogP) is 4.41. The summed E-state index contributed by atoms with van der Waals surface area (Å²) in [5.74, 6) is 0.566. The number of amides is 1. The van der Waals surface area contributed by atoms with Gasteiger partial charge in [0.05, 0.1) is 5.92 Å². The Morgan fingerprint density at radius 2 is 2.19 bits per heavy atom. The zero-order valence-electron chi connectivity index (χ0n) is 15.1. The van der Waals surface area contributed by atoms with E-state index in [1.54, 1.807) is 19.1 Å². The maximum atomic E-state index is 13.8. The summed E-state index contributed by atoms with van der Waals surface area (Å²) in [5.41, 5.74) is 3.26. The molecule has 3 aliphatic rings. The highest BCUT2D eigenvalue weighted by molar-refractivity contribution is 6.02. The first-order valence-corrected chi connectivity index (χ1v) is 9.22. The van der Waals surface area contributed by atoms with Crippen molar-refractivity contribution in [2.24, 2.45) is 16.8 Å². The number of aromatic amines is 1. The first kappa shape index (κ1) is 16.9. The van der Waals surface area contributed by atoms with Crippen molar-refractivity contribution in [1.29, 1.82) is 0 Å². The van der Waals surface area contributed by atoms with Crippen LogP contribution in [0.1, 0.15) is 51.1 Å². The van der Waals surface area contributed by atoms with Crippen molar-refractivity contribution in [2.45, 2.75) is 45.4 Å². The van der Waals surface area contributed by atoms with Crippen molar-refractivity contribution in [1.82, 2.24) is 10.2 Å². The fourth-order valence-corrected chi connectivity index (χ4v) is 3.39. The number of aromatic nitrogens is 2. The second-order valence-corrected chi connectivity index (χ2v) is 7.39. The molecule has 2 atom stereocenters. The van der Waals surface area contributed by atoms with Gasteiger partial charge >= 0.3 is 0 Å². The molecular weight excluding hydrogens is 331 g/mol. The summed E-state index contributed by atoms with van der Waals surface area (Å²) in [6.45, 7) is 3.59. The molecule has 136 valence electrons. The molecule has 1 aromatic heterocycles. The van der Waals surface area contributed by atoms with Crippen LogP contribution in [0.3, 0.4) is 0 Å². The summed E-state index contributed by atoms with van der Waals surface area (Å²) in [5, 5.41) is 10.0. The zero-order valence-corrected chi connectivity index (χ0v) is 15.1. The SMILES string of the molecule is CC1=CC2=NC([C@H](C)C(=O)Nc3cc(C4CC4)[nH]n3)=CC2CCC=C1F. The van der Waals surface area contributed by atoms with E-state index in [0.717, 1.165) is 23.5 Å². The lowest BCUT2D eigenvalue weighted by molar-refractivity contribution is -0.118. The van der Waals surface area contributed by atoms with Crippen molar-refractivity contribution in [3.05, 3.63) is 47.1 Å². The Hall–Kier alpha value is -2.50. The van der Waals surface area contributed by atoms with Crippen LogP contribution in [0, 0.1) is 11.8 Å². The molecule has 0 spiro atoms. The number of nitrogens with zero attached hydrogens (tertiary/aromatic N) is 2. The molecule has 26 heavy (non-hydrogen) atoms. The molecule has 5 nitrogen and oxygen atoms in total. The fraction of sp³-hybridized carbons (Fsp3) is 0.450. The van der Waals surface area contributed by atoms with Crippen molar-refractivity contribution in [3.8, 4) is 0 Å². The Kier molecular flexibility index (Phi) is 4.34. The van der Waals surface area contributed by atoms with Gasteiger partial charge in [-0.25, -0.2) is 4.39 Å². The Labute approximate surface area is 152 Å². The molecule has 1 unspecified atom stereocenters. The average molecular weight is 354 g/mol. The highest BCUT2D eigenvalue weighted by Gasteiger charge is 2.28. The van der Waals surface area contributed by atoms with Crippen LogP contribution in [0.4, 0.5) is 10.2 Å². The number of halogens is 1. The number of allylic oxidation sites excluding steroid dienone is 5. The van der Waals surface area contributed by atoms with Gasteiger partial charge in [-0.05, 0) is 57.3 Å². The monoisotopic (exact) mass is 354 g/mol. The number of anilines is 1. The van der Waals surface area contributed by atoms with E-state index in [-0.39, 0.29) is 23.6 Å². The van der Waals surface area contributed by atoms with Crippen LogP contribution in [0.2, 0.25) is 0 Å².